The van der Waals surface area contributed by atoms with Crippen LogP contribution in [0.3, 0.4) is 0 Å². The third-order valence-corrected chi connectivity index (χ3v) is 3.33. The average molecular weight is 320 g/mol. The Morgan fingerprint density at radius 1 is 0.783 bits per heavy atom. The zero-order chi connectivity index (χ0) is 17.2. The van der Waals surface area contributed by atoms with Crippen molar-refractivity contribution < 1.29 is 15.0 Å². The van der Waals surface area contributed by atoms with Gasteiger partial charge in [-0.25, -0.2) is 0 Å². The van der Waals surface area contributed by atoms with Crippen LogP contribution < -0.4 is 0 Å². The molecule has 0 rings (SSSR count). The summed E-state index contributed by atoms with van der Waals surface area (Å²) in [7, 11) is 0. The van der Waals surface area contributed by atoms with E-state index in [1.165, 1.54) is 12.8 Å². The minimum atomic E-state index is -0.728. The SMILES string of the molecule is CCCCCC(O)=CC/C=C\C/C=C\C/C=C\CCCC(=O)O. The molecule has 0 aromatic rings. The predicted octanol–water partition coefficient (Wildman–Crippen LogP) is 6.10. The van der Waals surface area contributed by atoms with E-state index >= 15 is 0 Å². The second kappa shape index (κ2) is 16.6. The highest BCUT2D eigenvalue weighted by Gasteiger charge is 1.93. The largest absolute Gasteiger partial charge is 0.513 e. The molecule has 0 spiro atoms. The summed E-state index contributed by atoms with van der Waals surface area (Å²) in [6, 6.07) is 0. The maximum absolute atomic E-state index is 10.3. The molecule has 0 radical (unpaired) electrons. The van der Waals surface area contributed by atoms with Crippen LogP contribution in [-0.2, 0) is 4.79 Å². The molecule has 0 aromatic heterocycles. The van der Waals surface area contributed by atoms with Gasteiger partial charge >= 0.3 is 5.97 Å². The number of rotatable bonds is 14. The van der Waals surface area contributed by atoms with Gasteiger partial charge in [-0.2, -0.15) is 0 Å². The first-order valence-corrected chi connectivity index (χ1v) is 8.71. The second-order valence-corrected chi connectivity index (χ2v) is 5.56. The van der Waals surface area contributed by atoms with Crippen LogP contribution in [0, 0.1) is 0 Å². The Kier molecular flexibility index (Phi) is 15.3. The van der Waals surface area contributed by atoms with Gasteiger partial charge in [0, 0.05) is 12.8 Å². The summed E-state index contributed by atoms with van der Waals surface area (Å²) in [5.41, 5.74) is 0. The summed E-state index contributed by atoms with van der Waals surface area (Å²) in [4.78, 5) is 10.3. The van der Waals surface area contributed by atoms with Crippen molar-refractivity contribution in [2.24, 2.45) is 0 Å². The highest BCUT2D eigenvalue weighted by atomic mass is 16.4. The number of carboxylic acid groups (broad SMARTS) is 1. The lowest BCUT2D eigenvalue weighted by Crippen LogP contribution is -1.92. The molecule has 130 valence electrons. The van der Waals surface area contributed by atoms with Gasteiger partial charge in [0.05, 0.1) is 5.76 Å². The summed E-state index contributed by atoms with van der Waals surface area (Å²) < 4.78 is 0. The zero-order valence-corrected chi connectivity index (χ0v) is 14.4. The number of carbonyl (C=O) groups is 1. The van der Waals surface area contributed by atoms with Crippen LogP contribution >= 0.6 is 0 Å². The predicted molar refractivity (Wildman–Crippen MR) is 97.6 cm³/mol. The van der Waals surface area contributed by atoms with Crippen molar-refractivity contribution in [2.75, 3.05) is 0 Å². The van der Waals surface area contributed by atoms with Gasteiger partial charge in [0.1, 0.15) is 0 Å². The molecular weight excluding hydrogens is 288 g/mol. The van der Waals surface area contributed by atoms with Crippen molar-refractivity contribution in [3.05, 3.63) is 48.3 Å². The van der Waals surface area contributed by atoms with Crippen LogP contribution in [-0.4, -0.2) is 16.2 Å². The van der Waals surface area contributed by atoms with Gasteiger partial charge in [-0.1, -0.05) is 56.2 Å². The number of aliphatic hydroxyl groups excluding tert-OH is 1. The van der Waals surface area contributed by atoms with Crippen LogP contribution in [0.1, 0.15) is 71.1 Å². The Balaban J connectivity index is 3.56. The Labute approximate surface area is 141 Å². The molecule has 0 heterocycles. The van der Waals surface area contributed by atoms with Crippen LogP contribution in [0.25, 0.3) is 0 Å². The number of aliphatic hydroxyl groups is 1. The van der Waals surface area contributed by atoms with Gasteiger partial charge in [-0.3, -0.25) is 4.79 Å². The molecule has 0 saturated carbocycles. The van der Waals surface area contributed by atoms with Gasteiger partial charge in [-0.05, 0) is 44.6 Å². The molecular formula is C20H32O3. The molecule has 0 amide bonds. The quantitative estimate of drug-likeness (QED) is 0.231. The van der Waals surface area contributed by atoms with E-state index in [0.29, 0.717) is 12.2 Å². The Morgan fingerprint density at radius 3 is 2.00 bits per heavy atom. The minimum Gasteiger partial charge on any atom is -0.513 e. The lowest BCUT2D eigenvalue weighted by molar-refractivity contribution is -0.137. The number of allylic oxidation sites excluding steroid dienone is 8. The minimum absolute atomic E-state index is 0.244. The lowest BCUT2D eigenvalue weighted by Gasteiger charge is -1.97. The van der Waals surface area contributed by atoms with E-state index in [2.05, 4.69) is 37.3 Å². The molecule has 0 atom stereocenters. The van der Waals surface area contributed by atoms with Gasteiger partial charge < -0.3 is 10.2 Å². The van der Waals surface area contributed by atoms with Gasteiger partial charge in [-0.15, -0.1) is 0 Å². The smallest absolute Gasteiger partial charge is 0.303 e. The molecule has 0 unspecified atom stereocenters. The summed E-state index contributed by atoms with van der Waals surface area (Å²) in [5.74, 6) is -0.221. The van der Waals surface area contributed by atoms with Gasteiger partial charge in [0.15, 0.2) is 0 Å². The van der Waals surface area contributed by atoms with Crippen molar-refractivity contribution in [1.82, 2.24) is 0 Å². The summed E-state index contributed by atoms with van der Waals surface area (Å²) in [6.07, 6.45) is 22.9. The highest BCUT2D eigenvalue weighted by molar-refractivity contribution is 5.66. The van der Waals surface area contributed by atoms with E-state index in [1.54, 1.807) is 0 Å². The molecule has 3 nitrogen and oxygen atoms in total. The summed E-state index contributed by atoms with van der Waals surface area (Å²) in [6.45, 7) is 2.16. The summed E-state index contributed by atoms with van der Waals surface area (Å²) >= 11 is 0. The molecule has 3 heteroatoms. The van der Waals surface area contributed by atoms with Crippen LogP contribution in [0.2, 0.25) is 0 Å². The molecule has 0 saturated heterocycles. The molecule has 0 bridgehead atoms. The van der Waals surface area contributed by atoms with E-state index in [1.807, 2.05) is 12.2 Å². The number of hydrogen-bond acceptors (Lipinski definition) is 2. The molecule has 0 fully saturated rings. The van der Waals surface area contributed by atoms with E-state index in [0.717, 1.165) is 38.5 Å². The Bertz CT molecular complexity index is 403. The number of hydrogen-bond donors (Lipinski definition) is 2. The van der Waals surface area contributed by atoms with E-state index in [4.69, 9.17) is 5.11 Å². The summed E-state index contributed by atoms with van der Waals surface area (Å²) in [5, 5.41) is 18.1. The van der Waals surface area contributed by atoms with Gasteiger partial charge in [0.25, 0.3) is 0 Å². The third-order valence-electron chi connectivity index (χ3n) is 3.33. The van der Waals surface area contributed by atoms with E-state index < -0.39 is 5.97 Å². The maximum Gasteiger partial charge on any atom is 0.303 e. The molecule has 0 aliphatic carbocycles. The van der Waals surface area contributed by atoms with Gasteiger partial charge in [0.2, 0.25) is 0 Å². The second-order valence-electron chi connectivity index (χ2n) is 5.56. The first-order valence-electron chi connectivity index (χ1n) is 8.71. The van der Waals surface area contributed by atoms with Crippen LogP contribution in [0.4, 0.5) is 0 Å². The van der Waals surface area contributed by atoms with E-state index in [-0.39, 0.29) is 6.42 Å². The number of carboxylic acids is 1. The average Bonchev–Trinajstić information content (AvgIpc) is 2.51. The molecule has 0 aromatic carbocycles. The first-order chi connectivity index (χ1) is 11.2. The fourth-order valence-corrected chi connectivity index (χ4v) is 1.99. The third kappa shape index (κ3) is 18.2. The van der Waals surface area contributed by atoms with Crippen molar-refractivity contribution in [3.63, 3.8) is 0 Å². The van der Waals surface area contributed by atoms with Crippen molar-refractivity contribution in [3.8, 4) is 0 Å². The number of aliphatic carboxylic acids is 1. The van der Waals surface area contributed by atoms with Crippen LogP contribution in [0.5, 0.6) is 0 Å². The highest BCUT2D eigenvalue weighted by Crippen LogP contribution is 2.07. The molecule has 0 aliphatic heterocycles. The molecule has 0 aliphatic rings. The number of unbranched alkanes of at least 4 members (excludes halogenated alkanes) is 3. The fourth-order valence-electron chi connectivity index (χ4n) is 1.99. The van der Waals surface area contributed by atoms with Crippen LogP contribution in [0.15, 0.2) is 48.3 Å². The zero-order valence-electron chi connectivity index (χ0n) is 14.4. The Hall–Kier alpha value is -1.77. The standard InChI is InChI=1S/C20H32O3/c1-2-3-13-16-19(21)17-14-11-9-7-5-4-6-8-10-12-15-18-20(22)23/h4-5,8-11,17,21H,2-3,6-7,12-16,18H2,1H3,(H,22,23)/b5-4-,10-8-,11-9-,19-17?. The van der Waals surface area contributed by atoms with Crippen molar-refractivity contribution >= 4 is 5.97 Å². The van der Waals surface area contributed by atoms with E-state index in [9.17, 15) is 9.90 Å². The normalized spacial score (nSPS) is 12.8. The Morgan fingerprint density at radius 2 is 1.39 bits per heavy atom. The first kappa shape index (κ1) is 21.2. The van der Waals surface area contributed by atoms with Crippen molar-refractivity contribution in [2.45, 2.75) is 71.1 Å². The molecule has 2 N–H and O–H groups in total. The topological polar surface area (TPSA) is 57.5 Å². The maximum atomic E-state index is 10.3. The lowest BCUT2D eigenvalue weighted by atomic mass is 10.1. The van der Waals surface area contributed by atoms with Crippen molar-refractivity contribution in [1.29, 1.82) is 0 Å². The monoisotopic (exact) mass is 320 g/mol. The molecule has 23 heavy (non-hydrogen) atoms. The fraction of sp³-hybridized carbons (Fsp3) is 0.550.